The topological polar surface area (TPSA) is 42.4 Å². The van der Waals surface area contributed by atoms with Crippen LogP contribution in [0, 0.1) is 0 Å². The van der Waals surface area contributed by atoms with E-state index in [1.54, 1.807) is 6.26 Å². The molecule has 0 bridgehead atoms. The molecule has 0 amide bonds. The van der Waals surface area contributed by atoms with E-state index in [2.05, 4.69) is 11.8 Å². The van der Waals surface area contributed by atoms with E-state index in [1.807, 2.05) is 12.1 Å². The Morgan fingerprint density at radius 3 is 2.76 bits per heavy atom. The van der Waals surface area contributed by atoms with Crippen molar-refractivity contribution in [3.05, 3.63) is 24.2 Å². The van der Waals surface area contributed by atoms with Crippen molar-refractivity contribution in [1.29, 1.82) is 0 Å². The summed E-state index contributed by atoms with van der Waals surface area (Å²) in [5.41, 5.74) is 6.19. The summed E-state index contributed by atoms with van der Waals surface area (Å²) in [4.78, 5) is 2.52. The van der Waals surface area contributed by atoms with Crippen molar-refractivity contribution in [3.63, 3.8) is 0 Å². The fourth-order valence-corrected chi connectivity index (χ4v) is 2.83. The minimum absolute atomic E-state index is 0.00637. The van der Waals surface area contributed by atoms with E-state index < -0.39 is 0 Å². The van der Waals surface area contributed by atoms with Gasteiger partial charge < -0.3 is 10.2 Å². The molecule has 17 heavy (non-hydrogen) atoms. The predicted octanol–water partition coefficient (Wildman–Crippen LogP) is 2.93. The van der Waals surface area contributed by atoms with Crippen LogP contribution in [0.25, 0.3) is 0 Å². The molecule has 1 aliphatic rings. The summed E-state index contributed by atoms with van der Waals surface area (Å²) in [6.07, 6.45) is 8.51. The van der Waals surface area contributed by atoms with Gasteiger partial charge in [-0.05, 0) is 31.5 Å². The zero-order chi connectivity index (χ0) is 12.1. The molecule has 2 N–H and O–H groups in total. The first-order valence-corrected chi connectivity index (χ1v) is 6.84. The van der Waals surface area contributed by atoms with E-state index in [0.717, 1.165) is 24.9 Å². The summed E-state index contributed by atoms with van der Waals surface area (Å²) in [5.74, 6) is 0.902. The van der Waals surface area contributed by atoms with Crippen molar-refractivity contribution in [2.75, 3.05) is 13.1 Å². The molecule has 1 unspecified atom stereocenters. The predicted molar refractivity (Wildman–Crippen MR) is 69.8 cm³/mol. The second-order valence-electron chi connectivity index (χ2n) is 5.00. The van der Waals surface area contributed by atoms with Gasteiger partial charge in [0.2, 0.25) is 0 Å². The molecule has 1 aromatic rings. The molecule has 1 atom stereocenters. The molecular weight excluding hydrogens is 212 g/mol. The van der Waals surface area contributed by atoms with Crippen LogP contribution in [-0.2, 0) is 0 Å². The second-order valence-corrected chi connectivity index (χ2v) is 5.00. The largest absolute Gasteiger partial charge is 0.468 e. The van der Waals surface area contributed by atoms with Gasteiger partial charge in [-0.1, -0.05) is 26.2 Å². The van der Waals surface area contributed by atoms with Crippen LogP contribution in [0.1, 0.15) is 50.8 Å². The van der Waals surface area contributed by atoms with Crippen LogP contribution in [0.15, 0.2) is 22.8 Å². The third-order valence-corrected chi connectivity index (χ3v) is 3.84. The number of hydrogen-bond donors (Lipinski definition) is 1. The van der Waals surface area contributed by atoms with Crippen LogP contribution in [0.2, 0.25) is 0 Å². The number of nitrogens with zero attached hydrogens (tertiary/aromatic N) is 1. The van der Waals surface area contributed by atoms with E-state index in [0.29, 0.717) is 0 Å². The minimum atomic E-state index is 0.00637. The molecular formula is C14H24N2O. The molecule has 3 heteroatoms. The molecule has 1 fully saturated rings. The molecule has 0 spiro atoms. The lowest BCUT2D eigenvalue weighted by atomic mass is 9.94. The molecule has 0 radical (unpaired) electrons. The first kappa shape index (κ1) is 12.7. The number of rotatable bonds is 5. The van der Waals surface area contributed by atoms with Crippen LogP contribution >= 0.6 is 0 Å². The van der Waals surface area contributed by atoms with Gasteiger partial charge >= 0.3 is 0 Å². The Morgan fingerprint density at radius 1 is 1.41 bits per heavy atom. The number of hydrogen-bond acceptors (Lipinski definition) is 3. The molecule has 96 valence electrons. The molecule has 1 aliphatic carbocycles. The van der Waals surface area contributed by atoms with Crippen LogP contribution in [-0.4, -0.2) is 24.0 Å². The summed E-state index contributed by atoms with van der Waals surface area (Å²) in [6, 6.07) is 4.62. The number of likely N-dealkylation sites (N-methyl/N-ethyl adjacent to an activating group) is 1. The first-order chi connectivity index (χ1) is 8.31. The maximum absolute atomic E-state index is 6.19. The van der Waals surface area contributed by atoms with Crippen molar-refractivity contribution < 1.29 is 4.42 Å². The number of furan rings is 1. The smallest absolute Gasteiger partial charge is 0.121 e. The van der Waals surface area contributed by atoms with Gasteiger partial charge in [-0.25, -0.2) is 0 Å². The third-order valence-electron chi connectivity index (χ3n) is 3.84. The van der Waals surface area contributed by atoms with Gasteiger partial charge in [-0.2, -0.15) is 0 Å². The average Bonchev–Trinajstić information content (AvgIpc) is 2.90. The summed E-state index contributed by atoms with van der Waals surface area (Å²) in [7, 11) is 0. The van der Waals surface area contributed by atoms with Gasteiger partial charge in [0, 0.05) is 12.6 Å². The maximum atomic E-state index is 6.19. The molecule has 0 aromatic carbocycles. The second kappa shape index (κ2) is 6.22. The quantitative estimate of drug-likeness (QED) is 0.854. The van der Waals surface area contributed by atoms with Crippen LogP contribution in [0.4, 0.5) is 0 Å². The zero-order valence-corrected chi connectivity index (χ0v) is 10.8. The van der Waals surface area contributed by atoms with Crippen molar-refractivity contribution in [1.82, 2.24) is 4.90 Å². The van der Waals surface area contributed by atoms with Gasteiger partial charge in [-0.3, -0.25) is 4.90 Å². The van der Waals surface area contributed by atoms with Crippen LogP contribution in [0.5, 0.6) is 0 Å². The monoisotopic (exact) mass is 236 g/mol. The van der Waals surface area contributed by atoms with E-state index in [-0.39, 0.29) is 6.04 Å². The van der Waals surface area contributed by atoms with Crippen molar-refractivity contribution >= 4 is 0 Å². The molecule has 3 nitrogen and oxygen atoms in total. The summed E-state index contributed by atoms with van der Waals surface area (Å²) >= 11 is 0. The summed E-state index contributed by atoms with van der Waals surface area (Å²) in [6.45, 7) is 4.22. The summed E-state index contributed by atoms with van der Waals surface area (Å²) < 4.78 is 5.38. The molecule has 1 heterocycles. The van der Waals surface area contributed by atoms with Crippen molar-refractivity contribution in [2.45, 2.75) is 51.1 Å². The van der Waals surface area contributed by atoms with Gasteiger partial charge in [0.25, 0.3) is 0 Å². The standard InChI is InChI=1S/C14H24N2O/c1-2-16(12-7-4-3-5-8-12)11-13(15)14-9-6-10-17-14/h6,9-10,12-13H,2-5,7-8,11,15H2,1H3. The highest BCUT2D eigenvalue weighted by molar-refractivity contribution is 5.04. The minimum Gasteiger partial charge on any atom is -0.468 e. The molecule has 1 aromatic heterocycles. The fraction of sp³-hybridized carbons (Fsp3) is 0.714. The molecule has 0 aliphatic heterocycles. The highest BCUT2D eigenvalue weighted by Gasteiger charge is 2.22. The highest BCUT2D eigenvalue weighted by atomic mass is 16.3. The molecule has 2 rings (SSSR count). The van der Waals surface area contributed by atoms with Gasteiger partial charge in [0.15, 0.2) is 0 Å². The van der Waals surface area contributed by atoms with Crippen molar-refractivity contribution in [2.24, 2.45) is 5.73 Å². The van der Waals surface area contributed by atoms with E-state index in [9.17, 15) is 0 Å². The zero-order valence-electron chi connectivity index (χ0n) is 10.8. The Morgan fingerprint density at radius 2 is 2.18 bits per heavy atom. The Bertz CT molecular complexity index is 304. The van der Waals surface area contributed by atoms with E-state index in [1.165, 1.54) is 32.1 Å². The van der Waals surface area contributed by atoms with Crippen LogP contribution in [0.3, 0.4) is 0 Å². The third kappa shape index (κ3) is 3.33. The normalized spacial score (nSPS) is 19.7. The van der Waals surface area contributed by atoms with E-state index in [4.69, 9.17) is 10.2 Å². The number of nitrogens with two attached hydrogens (primary N) is 1. The molecule has 0 saturated heterocycles. The average molecular weight is 236 g/mol. The van der Waals surface area contributed by atoms with E-state index >= 15 is 0 Å². The highest BCUT2D eigenvalue weighted by Crippen LogP contribution is 2.24. The Balaban J connectivity index is 1.90. The lowest BCUT2D eigenvalue weighted by Crippen LogP contribution is -2.41. The van der Waals surface area contributed by atoms with Crippen molar-refractivity contribution in [3.8, 4) is 0 Å². The lowest BCUT2D eigenvalue weighted by molar-refractivity contribution is 0.151. The van der Waals surface area contributed by atoms with Gasteiger partial charge in [0.1, 0.15) is 5.76 Å². The summed E-state index contributed by atoms with van der Waals surface area (Å²) in [5, 5.41) is 0. The van der Waals surface area contributed by atoms with Gasteiger partial charge in [0.05, 0.1) is 12.3 Å². The van der Waals surface area contributed by atoms with Crippen LogP contribution < -0.4 is 5.73 Å². The Kier molecular flexibility index (Phi) is 4.63. The fourth-order valence-electron chi connectivity index (χ4n) is 2.83. The molecule has 1 saturated carbocycles. The Hall–Kier alpha value is -0.800. The maximum Gasteiger partial charge on any atom is 0.121 e. The SMILES string of the molecule is CCN(CC(N)c1ccco1)C1CCCCC1. The Labute approximate surface area is 104 Å². The van der Waals surface area contributed by atoms with Gasteiger partial charge in [-0.15, -0.1) is 0 Å². The first-order valence-electron chi connectivity index (χ1n) is 6.84. The lowest BCUT2D eigenvalue weighted by Gasteiger charge is -2.34.